The van der Waals surface area contributed by atoms with Crippen LogP contribution in [0.4, 0.5) is 0 Å². The molecule has 0 radical (unpaired) electrons. The maximum absolute atomic E-state index is 11.6. The summed E-state index contributed by atoms with van der Waals surface area (Å²) in [5.41, 5.74) is 4.99. The predicted octanol–water partition coefficient (Wildman–Crippen LogP) is 2.09. The second-order valence-corrected chi connectivity index (χ2v) is 6.50. The third kappa shape index (κ3) is 4.83. The molecule has 4 nitrogen and oxygen atoms in total. The van der Waals surface area contributed by atoms with E-state index in [0.717, 1.165) is 38.9 Å². The molecule has 0 bridgehead atoms. The molecular formula is C17H27N3O. The molecule has 4 heteroatoms. The van der Waals surface area contributed by atoms with Crippen LogP contribution in [0.2, 0.25) is 0 Å². The van der Waals surface area contributed by atoms with Crippen LogP contribution in [0.5, 0.6) is 0 Å². The van der Waals surface area contributed by atoms with E-state index in [1.807, 2.05) is 0 Å². The Hall–Kier alpha value is -1.39. The van der Waals surface area contributed by atoms with Gasteiger partial charge in [-0.2, -0.15) is 0 Å². The molecule has 0 spiro atoms. The van der Waals surface area contributed by atoms with E-state index in [9.17, 15) is 4.79 Å². The molecule has 1 aromatic rings. The van der Waals surface area contributed by atoms with Gasteiger partial charge in [0.1, 0.15) is 0 Å². The van der Waals surface area contributed by atoms with Gasteiger partial charge in [0.2, 0.25) is 5.91 Å². The summed E-state index contributed by atoms with van der Waals surface area (Å²) in [6, 6.07) is 8.88. The molecule has 1 amide bonds. The number of piperidine rings is 1. The minimum Gasteiger partial charge on any atom is -0.298 e. The summed E-state index contributed by atoms with van der Waals surface area (Å²) in [5, 5.41) is 0. The first kappa shape index (κ1) is 16.0. The van der Waals surface area contributed by atoms with Gasteiger partial charge in [-0.05, 0) is 42.9 Å². The predicted molar refractivity (Wildman–Crippen MR) is 85.3 cm³/mol. The molecule has 1 aromatic carbocycles. The van der Waals surface area contributed by atoms with Crippen molar-refractivity contribution >= 4 is 5.91 Å². The number of nitrogens with zero attached hydrogens (tertiary/aromatic N) is 1. The average Bonchev–Trinajstić information content (AvgIpc) is 2.48. The zero-order valence-corrected chi connectivity index (χ0v) is 13.1. The molecule has 2 rings (SSSR count). The number of amides is 1. The van der Waals surface area contributed by atoms with Crippen LogP contribution in [0, 0.1) is 11.8 Å². The van der Waals surface area contributed by atoms with E-state index < -0.39 is 0 Å². The smallest absolute Gasteiger partial charge is 0.238 e. The van der Waals surface area contributed by atoms with Gasteiger partial charge in [-0.25, -0.2) is 5.84 Å². The van der Waals surface area contributed by atoms with Crippen molar-refractivity contribution in [3.05, 3.63) is 35.4 Å². The molecule has 1 aliphatic heterocycles. The van der Waals surface area contributed by atoms with Crippen LogP contribution in [-0.4, -0.2) is 23.9 Å². The molecule has 0 aliphatic carbocycles. The Kier molecular flexibility index (Phi) is 5.76. The van der Waals surface area contributed by atoms with Gasteiger partial charge >= 0.3 is 0 Å². The number of hydrogen-bond donors (Lipinski definition) is 2. The number of nitrogens with two attached hydrogens (primary N) is 1. The van der Waals surface area contributed by atoms with E-state index in [4.69, 9.17) is 5.84 Å². The summed E-state index contributed by atoms with van der Waals surface area (Å²) < 4.78 is 0. The minimum atomic E-state index is -0.0352. The number of carbonyl (C=O) groups excluding carboxylic acids is 1. The Morgan fingerprint density at radius 1 is 1.33 bits per heavy atom. The highest BCUT2D eigenvalue weighted by molar-refractivity contribution is 5.78. The highest BCUT2D eigenvalue weighted by Crippen LogP contribution is 2.19. The van der Waals surface area contributed by atoms with Crippen LogP contribution in [0.1, 0.15) is 37.8 Å². The zero-order chi connectivity index (χ0) is 15.2. The summed E-state index contributed by atoms with van der Waals surface area (Å²) in [7, 11) is 0. The van der Waals surface area contributed by atoms with Crippen LogP contribution in [0.3, 0.4) is 0 Å². The summed E-state index contributed by atoms with van der Waals surface area (Å²) in [6.07, 6.45) is 3.12. The minimum absolute atomic E-state index is 0.0314. The lowest BCUT2D eigenvalue weighted by atomic mass is 9.96. The molecule has 1 saturated heterocycles. The average molecular weight is 289 g/mol. The number of hydrogen-bond acceptors (Lipinski definition) is 3. The van der Waals surface area contributed by atoms with E-state index in [2.05, 4.69) is 48.4 Å². The lowest BCUT2D eigenvalue weighted by Crippen LogP contribution is -2.44. The van der Waals surface area contributed by atoms with Gasteiger partial charge in [-0.1, -0.05) is 38.1 Å². The molecule has 1 heterocycles. The van der Waals surface area contributed by atoms with Gasteiger partial charge in [0, 0.05) is 13.1 Å². The lowest BCUT2D eigenvalue weighted by molar-refractivity contribution is -0.126. The Bertz CT molecular complexity index is 456. The highest BCUT2D eigenvalue weighted by Gasteiger charge is 2.25. The molecule has 0 unspecified atom stereocenters. The normalized spacial score (nSPS) is 19.7. The number of likely N-dealkylation sites (tertiary alicyclic amines) is 1. The zero-order valence-electron chi connectivity index (χ0n) is 13.1. The van der Waals surface area contributed by atoms with Crippen LogP contribution in [-0.2, 0) is 17.8 Å². The van der Waals surface area contributed by atoms with Crippen LogP contribution in [0.15, 0.2) is 24.3 Å². The number of hydrazine groups is 1. The van der Waals surface area contributed by atoms with Crippen molar-refractivity contribution in [1.82, 2.24) is 10.3 Å². The summed E-state index contributed by atoms with van der Waals surface area (Å²) in [4.78, 5) is 14.0. The maximum atomic E-state index is 11.6. The van der Waals surface area contributed by atoms with Gasteiger partial charge in [0.25, 0.3) is 0 Å². The van der Waals surface area contributed by atoms with Gasteiger partial charge in [-0.3, -0.25) is 15.1 Å². The van der Waals surface area contributed by atoms with E-state index in [-0.39, 0.29) is 11.8 Å². The second kappa shape index (κ2) is 7.57. The van der Waals surface area contributed by atoms with Crippen LogP contribution < -0.4 is 11.3 Å². The van der Waals surface area contributed by atoms with Crippen molar-refractivity contribution in [3.63, 3.8) is 0 Å². The number of carbonyl (C=O) groups is 1. The van der Waals surface area contributed by atoms with Crippen molar-refractivity contribution in [2.75, 3.05) is 13.1 Å². The molecule has 116 valence electrons. The third-order valence-electron chi connectivity index (χ3n) is 4.09. The summed E-state index contributed by atoms with van der Waals surface area (Å²) >= 11 is 0. The molecule has 1 atom stereocenters. The SMILES string of the molecule is CC(C)Cc1ccc(CN2CCC[C@H](C(=O)NN)C2)cc1. The Balaban J connectivity index is 1.90. The lowest BCUT2D eigenvalue weighted by Gasteiger charge is -2.31. The third-order valence-corrected chi connectivity index (χ3v) is 4.09. The van der Waals surface area contributed by atoms with Gasteiger partial charge < -0.3 is 0 Å². The quantitative estimate of drug-likeness (QED) is 0.496. The highest BCUT2D eigenvalue weighted by atomic mass is 16.2. The van der Waals surface area contributed by atoms with Gasteiger partial charge in [0.05, 0.1) is 5.92 Å². The van der Waals surface area contributed by atoms with E-state index >= 15 is 0 Å². The topological polar surface area (TPSA) is 58.4 Å². The first-order chi connectivity index (χ1) is 10.1. The fourth-order valence-electron chi connectivity index (χ4n) is 3.04. The van der Waals surface area contributed by atoms with Crippen molar-refractivity contribution in [1.29, 1.82) is 0 Å². The second-order valence-electron chi connectivity index (χ2n) is 6.50. The van der Waals surface area contributed by atoms with E-state index in [0.29, 0.717) is 5.92 Å². The molecular weight excluding hydrogens is 262 g/mol. The Morgan fingerprint density at radius 2 is 2.00 bits per heavy atom. The standard InChI is InChI=1S/C17H27N3O/c1-13(2)10-14-5-7-15(8-6-14)11-20-9-3-4-16(12-20)17(21)19-18/h5-8,13,16H,3-4,9-12,18H2,1-2H3,(H,19,21)/t16-/m0/s1. The maximum Gasteiger partial charge on any atom is 0.238 e. The Morgan fingerprint density at radius 3 is 2.62 bits per heavy atom. The van der Waals surface area contributed by atoms with E-state index in [1.165, 1.54) is 11.1 Å². The number of benzene rings is 1. The molecule has 0 saturated carbocycles. The fraction of sp³-hybridized carbons (Fsp3) is 0.588. The molecule has 1 fully saturated rings. The largest absolute Gasteiger partial charge is 0.298 e. The first-order valence-corrected chi connectivity index (χ1v) is 7.89. The molecule has 1 aliphatic rings. The summed E-state index contributed by atoms with van der Waals surface area (Å²) in [5.74, 6) is 5.92. The van der Waals surface area contributed by atoms with Crippen molar-refractivity contribution < 1.29 is 4.79 Å². The van der Waals surface area contributed by atoms with Crippen LogP contribution >= 0.6 is 0 Å². The van der Waals surface area contributed by atoms with Gasteiger partial charge in [-0.15, -0.1) is 0 Å². The summed E-state index contributed by atoms with van der Waals surface area (Å²) in [6.45, 7) is 7.25. The number of nitrogens with one attached hydrogen (secondary N) is 1. The van der Waals surface area contributed by atoms with E-state index in [1.54, 1.807) is 0 Å². The van der Waals surface area contributed by atoms with Crippen LogP contribution in [0.25, 0.3) is 0 Å². The number of rotatable bonds is 5. The Labute approximate surface area is 127 Å². The van der Waals surface area contributed by atoms with Crippen molar-refractivity contribution in [2.45, 2.75) is 39.7 Å². The van der Waals surface area contributed by atoms with Crippen molar-refractivity contribution in [3.8, 4) is 0 Å². The molecule has 3 N–H and O–H groups in total. The van der Waals surface area contributed by atoms with Gasteiger partial charge in [0.15, 0.2) is 0 Å². The fourth-order valence-corrected chi connectivity index (χ4v) is 3.04. The monoisotopic (exact) mass is 289 g/mol. The molecule has 21 heavy (non-hydrogen) atoms. The first-order valence-electron chi connectivity index (χ1n) is 7.89. The van der Waals surface area contributed by atoms with Crippen molar-refractivity contribution in [2.24, 2.45) is 17.7 Å². The molecule has 0 aromatic heterocycles.